The van der Waals surface area contributed by atoms with Crippen LogP contribution in [0, 0.1) is 0 Å². The number of halogens is 1. The SMILES string of the molecule is O=C(/C=C/c1ccncc1)OC1C=CC=CC1(Br)C1SCCCS1. The van der Waals surface area contributed by atoms with Crippen molar-refractivity contribution >= 4 is 51.5 Å². The molecule has 3 nitrogen and oxygen atoms in total. The van der Waals surface area contributed by atoms with Gasteiger partial charge in [0.2, 0.25) is 0 Å². The first-order valence-electron chi connectivity index (χ1n) is 7.75. The van der Waals surface area contributed by atoms with E-state index >= 15 is 0 Å². The average Bonchev–Trinajstić information content (AvgIpc) is 2.64. The van der Waals surface area contributed by atoms with Crippen molar-refractivity contribution < 1.29 is 9.53 Å². The van der Waals surface area contributed by atoms with Crippen molar-refractivity contribution in [1.29, 1.82) is 0 Å². The summed E-state index contributed by atoms with van der Waals surface area (Å²) in [6, 6.07) is 3.69. The minimum atomic E-state index is -0.363. The molecule has 1 fully saturated rings. The fraction of sp³-hybridized carbons (Fsp3) is 0.333. The van der Waals surface area contributed by atoms with Crippen LogP contribution in [0.5, 0.6) is 0 Å². The number of esters is 1. The molecule has 1 aliphatic heterocycles. The van der Waals surface area contributed by atoms with Gasteiger partial charge in [-0.25, -0.2) is 4.79 Å². The molecular formula is C18H18BrNO2S2. The molecule has 1 aromatic heterocycles. The van der Waals surface area contributed by atoms with E-state index in [0.717, 1.165) is 17.1 Å². The molecule has 0 saturated carbocycles. The van der Waals surface area contributed by atoms with E-state index in [1.165, 1.54) is 12.5 Å². The van der Waals surface area contributed by atoms with Gasteiger partial charge in [-0.15, -0.1) is 23.5 Å². The van der Waals surface area contributed by atoms with Crippen molar-refractivity contribution in [3.8, 4) is 0 Å². The van der Waals surface area contributed by atoms with Crippen molar-refractivity contribution in [3.63, 3.8) is 0 Å². The third-order valence-electron chi connectivity index (χ3n) is 3.73. The molecule has 0 spiro atoms. The third-order valence-corrected chi connectivity index (χ3v) is 8.76. The maximum absolute atomic E-state index is 12.2. The molecule has 2 aliphatic rings. The number of rotatable bonds is 4. The van der Waals surface area contributed by atoms with Gasteiger partial charge in [-0.1, -0.05) is 34.2 Å². The maximum atomic E-state index is 12.2. The van der Waals surface area contributed by atoms with Gasteiger partial charge in [0.25, 0.3) is 0 Å². The highest BCUT2D eigenvalue weighted by molar-refractivity contribution is 9.10. The Morgan fingerprint density at radius 1 is 1.29 bits per heavy atom. The number of hydrogen-bond acceptors (Lipinski definition) is 5. The number of aromatic nitrogens is 1. The summed E-state index contributed by atoms with van der Waals surface area (Å²) in [7, 11) is 0. The molecule has 0 N–H and O–H groups in total. The lowest BCUT2D eigenvalue weighted by Crippen LogP contribution is -2.45. The van der Waals surface area contributed by atoms with Gasteiger partial charge in [0.05, 0.1) is 4.58 Å². The molecule has 6 heteroatoms. The second-order valence-corrected chi connectivity index (χ2v) is 9.57. The molecule has 126 valence electrons. The standard InChI is InChI=1S/C18H18BrNO2S2/c19-18(17-23-12-3-13-24-17)9-2-1-4-15(18)22-16(21)6-5-14-7-10-20-11-8-14/h1-2,4-11,15,17H,3,12-13H2/b6-5+. The van der Waals surface area contributed by atoms with Crippen molar-refractivity contribution in [2.75, 3.05) is 11.5 Å². The first-order chi connectivity index (χ1) is 11.7. The normalized spacial score (nSPS) is 27.5. The van der Waals surface area contributed by atoms with E-state index in [1.807, 2.05) is 53.9 Å². The van der Waals surface area contributed by atoms with E-state index in [0.29, 0.717) is 4.58 Å². The highest BCUT2D eigenvalue weighted by atomic mass is 79.9. The van der Waals surface area contributed by atoms with Crippen LogP contribution in [0.25, 0.3) is 6.08 Å². The monoisotopic (exact) mass is 423 g/mol. The summed E-state index contributed by atoms with van der Waals surface area (Å²) >= 11 is 7.71. The van der Waals surface area contributed by atoms with Crippen LogP contribution in [0.1, 0.15) is 12.0 Å². The number of carbonyl (C=O) groups is 1. The molecular weight excluding hydrogens is 406 g/mol. The average molecular weight is 424 g/mol. The van der Waals surface area contributed by atoms with Crippen molar-refractivity contribution in [3.05, 3.63) is 60.5 Å². The number of carbonyl (C=O) groups excluding carboxylic acids is 1. The van der Waals surface area contributed by atoms with Crippen LogP contribution in [-0.4, -0.2) is 37.5 Å². The lowest BCUT2D eigenvalue weighted by molar-refractivity contribution is -0.141. The van der Waals surface area contributed by atoms with Crippen molar-refractivity contribution in [1.82, 2.24) is 4.98 Å². The highest BCUT2D eigenvalue weighted by Gasteiger charge is 2.44. The van der Waals surface area contributed by atoms with Gasteiger partial charge < -0.3 is 4.74 Å². The zero-order valence-electron chi connectivity index (χ0n) is 13.0. The minimum absolute atomic E-state index is 0.319. The zero-order valence-corrected chi connectivity index (χ0v) is 16.2. The van der Waals surface area contributed by atoms with Gasteiger partial charge >= 0.3 is 5.97 Å². The Bertz CT molecular complexity index is 656. The largest absolute Gasteiger partial charge is 0.453 e. The minimum Gasteiger partial charge on any atom is -0.453 e. The Morgan fingerprint density at radius 2 is 2.04 bits per heavy atom. The number of hydrogen-bond donors (Lipinski definition) is 0. The highest BCUT2D eigenvalue weighted by Crippen LogP contribution is 2.47. The fourth-order valence-corrected chi connectivity index (χ4v) is 6.82. The Hall–Kier alpha value is -0.980. The molecule has 2 heterocycles. The van der Waals surface area contributed by atoms with Gasteiger partial charge in [-0.05, 0) is 47.8 Å². The van der Waals surface area contributed by atoms with E-state index in [2.05, 4.69) is 27.0 Å². The topological polar surface area (TPSA) is 39.2 Å². The van der Waals surface area contributed by atoms with Crippen LogP contribution in [0.4, 0.5) is 0 Å². The Morgan fingerprint density at radius 3 is 2.79 bits per heavy atom. The fourth-order valence-electron chi connectivity index (χ4n) is 2.50. The summed E-state index contributed by atoms with van der Waals surface area (Å²) in [4.78, 5) is 16.2. The zero-order chi connectivity index (χ0) is 16.8. The van der Waals surface area contributed by atoms with Crippen molar-refractivity contribution in [2.24, 2.45) is 0 Å². The van der Waals surface area contributed by atoms with Crippen molar-refractivity contribution in [2.45, 2.75) is 21.4 Å². The number of ether oxygens (including phenoxy) is 1. The first kappa shape index (κ1) is 17.8. The predicted molar refractivity (Wildman–Crippen MR) is 106 cm³/mol. The van der Waals surface area contributed by atoms with Crippen LogP contribution in [0.15, 0.2) is 54.9 Å². The molecule has 1 aromatic rings. The molecule has 3 rings (SSSR count). The van der Waals surface area contributed by atoms with E-state index in [-0.39, 0.29) is 16.4 Å². The van der Waals surface area contributed by atoms with Crippen LogP contribution < -0.4 is 0 Å². The number of thioether (sulfide) groups is 2. The maximum Gasteiger partial charge on any atom is 0.331 e. The lowest BCUT2D eigenvalue weighted by atomic mass is 9.99. The van der Waals surface area contributed by atoms with Gasteiger partial charge in [0.1, 0.15) is 10.4 Å². The Kier molecular flexibility index (Phi) is 6.25. The molecule has 0 radical (unpaired) electrons. The van der Waals surface area contributed by atoms with Gasteiger partial charge in [-0.3, -0.25) is 4.98 Å². The molecule has 0 bridgehead atoms. The number of nitrogens with zero attached hydrogens (tertiary/aromatic N) is 1. The second kappa shape index (κ2) is 8.41. The summed E-state index contributed by atoms with van der Waals surface area (Å²) in [6.45, 7) is 0. The first-order valence-corrected chi connectivity index (χ1v) is 10.6. The summed E-state index contributed by atoms with van der Waals surface area (Å²) in [5.41, 5.74) is 0.921. The summed E-state index contributed by atoms with van der Waals surface area (Å²) in [5.74, 6) is 1.95. The number of allylic oxidation sites excluding steroid dienone is 2. The molecule has 0 aromatic carbocycles. The molecule has 1 saturated heterocycles. The van der Waals surface area contributed by atoms with Gasteiger partial charge in [0, 0.05) is 18.5 Å². The van der Waals surface area contributed by atoms with E-state index < -0.39 is 0 Å². The van der Waals surface area contributed by atoms with E-state index in [9.17, 15) is 4.79 Å². The van der Waals surface area contributed by atoms with Crippen LogP contribution in [0.3, 0.4) is 0 Å². The number of pyridine rings is 1. The smallest absolute Gasteiger partial charge is 0.331 e. The predicted octanol–water partition coefficient (Wildman–Crippen LogP) is 4.46. The summed E-state index contributed by atoms with van der Waals surface area (Å²) < 4.78 is 5.69. The molecule has 24 heavy (non-hydrogen) atoms. The summed E-state index contributed by atoms with van der Waals surface area (Å²) in [5, 5.41) is 0. The molecule has 1 aliphatic carbocycles. The van der Waals surface area contributed by atoms with E-state index in [1.54, 1.807) is 18.5 Å². The Labute approximate surface area is 159 Å². The summed E-state index contributed by atoms with van der Waals surface area (Å²) in [6.07, 6.45) is 15.5. The quantitative estimate of drug-likeness (QED) is 0.405. The Balaban J connectivity index is 1.67. The molecule has 2 unspecified atom stereocenters. The van der Waals surface area contributed by atoms with E-state index in [4.69, 9.17) is 4.74 Å². The van der Waals surface area contributed by atoms with Gasteiger partial charge in [-0.2, -0.15) is 0 Å². The molecule has 2 atom stereocenters. The second-order valence-electron chi connectivity index (χ2n) is 5.47. The van der Waals surface area contributed by atoms with Crippen LogP contribution in [-0.2, 0) is 9.53 Å². The van der Waals surface area contributed by atoms with Gasteiger partial charge in [0.15, 0.2) is 0 Å². The number of alkyl halides is 1. The van der Waals surface area contributed by atoms with Crippen LogP contribution in [0.2, 0.25) is 0 Å². The third kappa shape index (κ3) is 4.35. The lowest BCUT2D eigenvalue weighted by Gasteiger charge is -2.40. The molecule has 0 amide bonds. The van der Waals surface area contributed by atoms with Crippen LogP contribution >= 0.6 is 39.5 Å².